The van der Waals surface area contributed by atoms with Gasteiger partial charge < -0.3 is 24.5 Å². The van der Waals surface area contributed by atoms with Crippen LogP contribution in [-0.4, -0.2) is 60.4 Å². The maximum Gasteiger partial charge on any atom is 0.416 e. The van der Waals surface area contributed by atoms with E-state index in [1.807, 2.05) is 18.2 Å². The number of benzene rings is 1. The van der Waals surface area contributed by atoms with Crippen molar-refractivity contribution in [1.82, 2.24) is 9.55 Å². The van der Waals surface area contributed by atoms with Crippen LogP contribution < -0.4 is 15.4 Å². The smallest absolute Gasteiger partial charge is 0.416 e. The summed E-state index contributed by atoms with van der Waals surface area (Å²) in [6.07, 6.45) is -1.56. The van der Waals surface area contributed by atoms with E-state index in [1.165, 1.54) is 0 Å². The zero-order valence-electron chi connectivity index (χ0n) is 17.1. The average Bonchev–Trinajstić information content (AvgIpc) is 3.25. The molecule has 3 aliphatic heterocycles. The average molecular weight is 448 g/mol. The summed E-state index contributed by atoms with van der Waals surface area (Å²) >= 11 is 0. The number of imidazole rings is 1. The number of hydrogen-bond donors (Lipinski definition) is 1. The number of nitrogens with two attached hydrogens (primary N) is 1. The fourth-order valence-electron chi connectivity index (χ4n) is 4.28. The summed E-state index contributed by atoms with van der Waals surface area (Å²) in [6.45, 7) is 1.42. The molecule has 0 unspecified atom stereocenters. The van der Waals surface area contributed by atoms with E-state index >= 15 is 0 Å². The lowest BCUT2D eigenvalue weighted by Crippen LogP contribution is -2.42. The molecule has 2 saturated heterocycles. The maximum absolute atomic E-state index is 13.4. The van der Waals surface area contributed by atoms with Crippen molar-refractivity contribution >= 4 is 17.8 Å². The predicted molar refractivity (Wildman–Crippen MR) is 107 cm³/mol. The van der Waals surface area contributed by atoms with Crippen LogP contribution in [0.1, 0.15) is 5.56 Å². The Kier molecular flexibility index (Phi) is 5.20. The zero-order valence-corrected chi connectivity index (χ0v) is 17.1. The first-order valence-corrected chi connectivity index (χ1v) is 10.4. The number of nitrogens with zero attached hydrogens (tertiary/aromatic N) is 3. The van der Waals surface area contributed by atoms with Crippen LogP contribution in [0.5, 0.6) is 5.75 Å². The predicted octanol–water partition coefficient (Wildman–Crippen LogP) is 1.82. The summed E-state index contributed by atoms with van der Waals surface area (Å²) in [7, 11) is 0. The summed E-state index contributed by atoms with van der Waals surface area (Å²) in [5.41, 5.74) is 7.15. The molecule has 1 aromatic carbocycles. The van der Waals surface area contributed by atoms with Crippen molar-refractivity contribution in [3.63, 3.8) is 0 Å². The molecule has 2 N–H and O–H groups in total. The topological polar surface area (TPSA) is 109 Å². The van der Waals surface area contributed by atoms with Crippen molar-refractivity contribution < 1.29 is 32.6 Å². The number of alkyl halides is 2. The molecule has 5 rings (SSSR count). The highest BCUT2D eigenvalue weighted by Crippen LogP contribution is 2.36. The van der Waals surface area contributed by atoms with Crippen LogP contribution in [0.4, 0.5) is 19.4 Å². The Labute approximate surface area is 182 Å². The molecule has 0 bridgehead atoms. The first-order valence-electron chi connectivity index (χ1n) is 10.4. The first-order chi connectivity index (χ1) is 15.4. The number of rotatable bonds is 6. The lowest BCUT2D eigenvalue weighted by molar-refractivity contribution is -0.131. The molecule has 0 aliphatic carbocycles. The number of cyclic esters (lactones) is 1. The van der Waals surface area contributed by atoms with Gasteiger partial charge in [0.2, 0.25) is 5.91 Å². The van der Waals surface area contributed by atoms with Gasteiger partial charge in [0.1, 0.15) is 30.8 Å². The van der Waals surface area contributed by atoms with Gasteiger partial charge in [0, 0.05) is 18.0 Å². The monoisotopic (exact) mass is 448 g/mol. The Morgan fingerprint density at radius 1 is 1.25 bits per heavy atom. The minimum atomic E-state index is -2.75. The van der Waals surface area contributed by atoms with Gasteiger partial charge in [-0.2, -0.15) is 0 Å². The lowest BCUT2D eigenvalue weighted by atomic mass is 9.85. The number of primary amides is 1. The number of amides is 2. The van der Waals surface area contributed by atoms with Crippen molar-refractivity contribution in [2.45, 2.75) is 25.4 Å². The lowest BCUT2D eigenvalue weighted by Gasteiger charge is -2.32. The number of fused-ring (bicyclic) bond motifs is 3. The Morgan fingerprint density at radius 2 is 2.06 bits per heavy atom. The van der Waals surface area contributed by atoms with E-state index in [1.54, 1.807) is 10.8 Å². The molecule has 0 spiro atoms. The number of ether oxygens (including phenoxy) is 3. The zero-order chi connectivity index (χ0) is 22.4. The molecule has 3 aliphatic rings. The third-order valence-corrected chi connectivity index (χ3v) is 6.14. The highest BCUT2D eigenvalue weighted by molar-refractivity contribution is 5.89. The van der Waals surface area contributed by atoms with Crippen molar-refractivity contribution in [1.29, 1.82) is 0 Å². The number of carbonyl (C=O) groups excluding carboxylic acids is 2. The molecule has 4 heterocycles. The second-order valence-corrected chi connectivity index (χ2v) is 8.15. The van der Waals surface area contributed by atoms with Gasteiger partial charge in [0.05, 0.1) is 25.3 Å². The second-order valence-electron chi connectivity index (χ2n) is 8.15. The van der Waals surface area contributed by atoms with Gasteiger partial charge in [-0.25, -0.2) is 23.5 Å². The Hall–Kier alpha value is -3.21. The van der Waals surface area contributed by atoms with Gasteiger partial charge >= 0.3 is 6.09 Å². The molecule has 2 atom stereocenters. The van der Waals surface area contributed by atoms with Gasteiger partial charge in [-0.1, -0.05) is 6.07 Å². The Morgan fingerprint density at radius 3 is 2.75 bits per heavy atom. The summed E-state index contributed by atoms with van der Waals surface area (Å²) < 4.78 is 44.4. The van der Waals surface area contributed by atoms with Gasteiger partial charge in [-0.05, 0) is 24.1 Å². The van der Waals surface area contributed by atoms with Gasteiger partial charge in [-0.15, -0.1) is 0 Å². The summed E-state index contributed by atoms with van der Waals surface area (Å²) in [5.74, 6) is 0.612. The molecule has 2 aromatic rings. The normalized spacial score (nSPS) is 21.3. The van der Waals surface area contributed by atoms with E-state index in [2.05, 4.69) is 4.98 Å². The number of halogens is 2. The quantitative estimate of drug-likeness (QED) is 0.722. The highest BCUT2D eigenvalue weighted by atomic mass is 19.3. The van der Waals surface area contributed by atoms with Gasteiger partial charge in [0.15, 0.2) is 5.82 Å². The summed E-state index contributed by atoms with van der Waals surface area (Å²) in [4.78, 5) is 29.3. The molecule has 0 saturated carbocycles. The fraction of sp³-hybridized carbons (Fsp3) is 0.476. The third kappa shape index (κ3) is 3.56. The van der Waals surface area contributed by atoms with Crippen LogP contribution in [0, 0.1) is 11.8 Å². The molecule has 11 heteroatoms. The van der Waals surface area contributed by atoms with Crippen molar-refractivity contribution in [3.05, 3.63) is 30.0 Å². The van der Waals surface area contributed by atoms with E-state index < -0.39 is 18.6 Å². The van der Waals surface area contributed by atoms with Crippen molar-refractivity contribution in [2.75, 3.05) is 31.3 Å². The van der Waals surface area contributed by atoms with E-state index in [0.29, 0.717) is 49.9 Å². The summed E-state index contributed by atoms with van der Waals surface area (Å²) in [6, 6.07) is 4.16. The van der Waals surface area contributed by atoms with Crippen LogP contribution in [-0.2, 0) is 27.2 Å². The largest absolute Gasteiger partial charge is 0.491 e. The highest BCUT2D eigenvalue weighted by Gasteiger charge is 2.42. The minimum absolute atomic E-state index is 0.108. The third-order valence-electron chi connectivity index (χ3n) is 6.14. The van der Waals surface area contributed by atoms with E-state index in [-0.39, 0.29) is 30.2 Å². The van der Waals surface area contributed by atoms with Gasteiger partial charge in [-0.3, -0.25) is 4.79 Å². The minimum Gasteiger partial charge on any atom is -0.491 e. The van der Waals surface area contributed by atoms with E-state index in [9.17, 15) is 18.4 Å². The molecule has 2 fully saturated rings. The van der Waals surface area contributed by atoms with Crippen LogP contribution in [0.2, 0.25) is 0 Å². The Bertz CT molecular complexity index is 1050. The number of carbonyl (C=O) groups is 2. The van der Waals surface area contributed by atoms with E-state index in [0.717, 1.165) is 10.5 Å². The van der Waals surface area contributed by atoms with Crippen LogP contribution >= 0.6 is 0 Å². The number of anilines is 1. The Balaban J connectivity index is 1.45. The van der Waals surface area contributed by atoms with Crippen molar-refractivity contribution in [2.24, 2.45) is 17.6 Å². The molecule has 0 radical (unpaired) electrons. The van der Waals surface area contributed by atoms with Crippen LogP contribution in [0.25, 0.3) is 11.4 Å². The molecule has 9 nitrogen and oxygen atoms in total. The standard InChI is InChI=1S/C21H22F2N4O5/c22-18(23)15-10-32-21(29)27(15)17-7-26-3-4-31-16-6-11(1-2-13(16)20(26)25-17)5-14(19(24)28)12-8-30-9-12/h1-2,6-7,12,14-15,18H,3-5,8-10H2,(H2,24,28)/t14-,15-/m0/s1. The second kappa shape index (κ2) is 8.05. The number of aromatic nitrogens is 2. The molecule has 32 heavy (non-hydrogen) atoms. The molecule has 170 valence electrons. The van der Waals surface area contributed by atoms with Crippen LogP contribution in [0.3, 0.4) is 0 Å². The maximum atomic E-state index is 13.4. The molecule has 2 amide bonds. The number of hydrogen-bond acceptors (Lipinski definition) is 6. The first kappa shape index (κ1) is 20.7. The van der Waals surface area contributed by atoms with Crippen LogP contribution in [0.15, 0.2) is 24.4 Å². The van der Waals surface area contributed by atoms with E-state index in [4.69, 9.17) is 19.9 Å². The SMILES string of the molecule is NC(=O)[C@@H](Cc1ccc2c(c1)OCCn1cc(N3C(=O)OC[C@H]3C(F)F)nc1-2)C1COC1. The molecular weight excluding hydrogens is 426 g/mol. The fourth-order valence-corrected chi connectivity index (χ4v) is 4.28. The molecule has 1 aromatic heterocycles. The van der Waals surface area contributed by atoms with Gasteiger partial charge in [0.25, 0.3) is 6.43 Å². The summed E-state index contributed by atoms with van der Waals surface area (Å²) in [5, 5.41) is 0. The van der Waals surface area contributed by atoms with Crippen molar-refractivity contribution in [3.8, 4) is 17.1 Å². The molecular formula is C21H22F2N4O5.